The maximum atomic E-state index is 11.3. The van der Waals surface area contributed by atoms with Crippen LogP contribution in [0.2, 0.25) is 0 Å². The Kier molecular flexibility index (Phi) is 4.63. The first-order chi connectivity index (χ1) is 8.04. The van der Waals surface area contributed by atoms with Crippen LogP contribution >= 0.6 is 0 Å². The molecule has 1 rings (SSSR count). The highest BCUT2D eigenvalue weighted by atomic mass is 16.4. The fraction of sp³-hybridized carbons (Fsp3) is 0.538. The molecule has 0 saturated heterocycles. The van der Waals surface area contributed by atoms with Gasteiger partial charge in [-0.3, -0.25) is 15.1 Å². The minimum atomic E-state index is -0.830. The second-order valence-electron chi connectivity index (χ2n) is 4.32. The quantitative estimate of drug-likeness (QED) is 0.794. The monoisotopic (exact) mass is 236 g/mol. The smallest absolute Gasteiger partial charge is 0.323 e. The van der Waals surface area contributed by atoms with Crippen LogP contribution in [-0.4, -0.2) is 21.6 Å². The van der Waals surface area contributed by atoms with Crippen LogP contribution in [0.1, 0.15) is 37.8 Å². The number of aliphatic carboxylic acids is 1. The lowest BCUT2D eigenvalue weighted by atomic mass is 9.92. The van der Waals surface area contributed by atoms with Gasteiger partial charge < -0.3 is 5.11 Å². The number of carbonyl (C=O) groups is 1. The number of aromatic nitrogens is 1. The standard InChI is InChI=1S/C13H20N2O2/c1-4-13(5-2,12(16)17)15-9-11-6-10(3)7-14-8-11/h6-8,15H,4-5,9H2,1-3H3,(H,16,17). The molecule has 0 spiro atoms. The van der Waals surface area contributed by atoms with Gasteiger partial charge in [0, 0.05) is 18.9 Å². The van der Waals surface area contributed by atoms with Crippen molar-refractivity contribution in [1.82, 2.24) is 10.3 Å². The number of hydrogen-bond donors (Lipinski definition) is 2. The minimum absolute atomic E-state index is 0.530. The first-order valence-electron chi connectivity index (χ1n) is 5.93. The van der Waals surface area contributed by atoms with Crippen molar-refractivity contribution in [1.29, 1.82) is 0 Å². The van der Waals surface area contributed by atoms with Crippen LogP contribution in [0.15, 0.2) is 18.5 Å². The Morgan fingerprint density at radius 2 is 2.06 bits per heavy atom. The van der Waals surface area contributed by atoms with Gasteiger partial charge in [-0.25, -0.2) is 0 Å². The highest BCUT2D eigenvalue weighted by Crippen LogP contribution is 2.16. The molecule has 0 aliphatic rings. The van der Waals surface area contributed by atoms with Crippen molar-refractivity contribution in [3.63, 3.8) is 0 Å². The molecule has 1 heterocycles. The van der Waals surface area contributed by atoms with E-state index in [-0.39, 0.29) is 0 Å². The molecule has 17 heavy (non-hydrogen) atoms. The third-order valence-electron chi connectivity index (χ3n) is 3.18. The van der Waals surface area contributed by atoms with E-state index in [0.717, 1.165) is 11.1 Å². The van der Waals surface area contributed by atoms with E-state index >= 15 is 0 Å². The number of carboxylic acids is 1. The Labute approximate surface area is 102 Å². The third-order valence-corrected chi connectivity index (χ3v) is 3.18. The fourth-order valence-electron chi connectivity index (χ4n) is 1.86. The summed E-state index contributed by atoms with van der Waals surface area (Å²) in [5, 5.41) is 12.4. The summed E-state index contributed by atoms with van der Waals surface area (Å²) in [5.41, 5.74) is 1.26. The number of rotatable bonds is 6. The van der Waals surface area contributed by atoms with Gasteiger partial charge in [-0.1, -0.05) is 19.9 Å². The number of aryl methyl sites for hydroxylation is 1. The van der Waals surface area contributed by atoms with E-state index in [0.29, 0.717) is 19.4 Å². The molecule has 4 heteroatoms. The average molecular weight is 236 g/mol. The van der Waals surface area contributed by atoms with Crippen molar-refractivity contribution in [3.05, 3.63) is 29.6 Å². The largest absolute Gasteiger partial charge is 0.480 e. The summed E-state index contributed by atoms with van der Waals surface area (Å²) in [5.74, 6) is -0.789. The summed E-state index contributed by atoms with van der Waals surface area (Å²) in [4.78, 5) is 15.4. The topological polar surface area (TPSA) is 62.2 Å². The molecule has 0 fully saturated rings. The molecule has 94 valence electrons. The summed E-state index contributed by atoms with van der Waals surface area (Å²) in [6, 6.07) is 2.01. The van der Waals surface area contributed by atoms with Gasteiger partial charge in [-0.2, -0.15) is 0 Å². The van der Waals surface area contributed by atoms with Crippen LogP contribution in [0.25, 0.3) is 0 Å². The van der Waals surface area contributed by atoms with Crippen LogP contribution < -0.4 is 5.32 Å². The fourth-order valence-corrected chi connectivity index (χ4v) is 1.86. The molecule has 4 nitrogen and oxygen atoms in total. The van der Waals surface area contributed by atoms with E-state index in [1.54, 1.807) is 12.4 Å². The second-order valence-corrected chi connectivity index (χ2v) is 4.32. The zero-order valence-electron chi connectivity index (χ0n) is 10.7. The van der Waals surface area contributed by atoms with Gasteiger partial charge in [0.15, 0.2) is 0 Å². The van der Waals surface area contributed by atoms with Crippen LogP contribution in [0, 0.1) is 6.92 Å². The molecular formula is C13H20N2O2. The normalized spacial score (nSPS) is 11.5. The van der Waals surface area contributed by atoms with E-state index in [4.69, 9.17) is 0 Å². The first kappa shape index (κ1) is 13.6. The molecule has 2 N–H and O–H groups in total. The third kappa shape index (κ3) is 3.27. The zero-order valence-corrected chi connectivity index (χ0v) is 10.7. The van der Waals surface area contributed by atoms with Crippen molar-refractivity contribution < 1.29 is 9.90 Å². The number of carboxylic acid groups (broad SMARTS) is 1. The predicted octanol–water partition coefficient (Wildman–Crippen LogP) is 2.12. The summed E-state index contributed by atoms with van der Waals surface area (Å²) in [6.07, 6.45) is 4.68. The molecule has 0 bridgehead atoms. The molecule has 0 aliphatic heterocycles. The van der Waals surface area contributed by atoms with E-state index < -0.39 is 11.5 Å². The minimum Gasteiger partial charge on any atom is -0.480 e. The Morgan fingerprint density at radius 1 is 1.41 bits per heavy atom. The second kappa shape index (κ2) is 5.77. The SMILES string of the molecule is CCC(CC)(NCc1cncc(C)c1)C(=O)O. The molecule has 0 radical (unpaired) electrons. The highest BCUT2D eigenvalue weighted by Gasteiger charge is 2.33. The summed E-state index contributed by atoms with van der Waals surface area (Å²) >= 11 is 0. The Balaban J connectivity index is 2.74. The molecular weight excluding hydrogens is 216 g/mol. The summed E-state index contributed by atoms with van der Waals surface area (Å²) in [7, 11) is 0. The maximum absolute atomic E-state index is 11.3. The van der Waals surface area contributed by atoms with Gasteiger partial charge in [0.05, 0.1) is 0 Å². The van der Waals surface area contributed by atoms with Crippen molar-refractivity contribution in [3.8, 4) is 0 Å². The maximum Gasteiger partial charge on any atom is 0.323 e. The molecule has 1 aromatic rings. The van der Waals surface area contributed by atoms with Crippen LogP contribution in [0.3, 0.4) is 0 Å². The molecule has 0 amide bonds. The van der Waals surface area contributed by atoms with Gasteiger partial charge >= 0.3 is 5.97 Å². The molecule has 0 saturated carbocycles. The zero-order chi connectivity index (χ0) is 12.9. The highest BCUT2D eigenvalue weighted by molar-refractivity contribution is 5.78. The van der Waals surface area contributed by atoms with E-state index in [2.05, 4.69) is 10.3 Å². The molecule has 1 aromatic heterocycles. The lowest BCUT2D eigenvalue weighted by molar-refractivity contribution is -0.145. The van der Waals surface area contributed by atoms with Crippen molar-refractivity contribution >= 4 is 5.97 Å². The van der Waals surface area contributed by atoms with Crippen LogP contribution in [0.4, 0.5) is 0 Å². The first-order valence-corrected chi connectivity index (χ1v) is 5.93. The van der Waals surface area contributed by atoms with Gasteiger partial charge in [-0.05, 0) is 30.9 Å². The van der Waals surface area contributed by atoms with Crippen LogP contribution in [-0.2, 0) is 11.3 Å². The van der Waals surface area contributed by atoms with Crippen molar-refractivity contribution in [2.24, 2.45) is 0 Å². The predicted molar refractivity (Wildman–Crippen MR) is 66.8 cm³/mol. The van der Waals surface area contributed by atoms with E-state index in [9.17, 15) is 9.90 Å². The average Bonchev–Trinajstić information content (AvgIpc) is 2.31. The van der Waals surface area contributed by atoms with Gasteiger partial charge in [0.1, 0.15) is 5.54 Å². The van der Waals surface area contributed by atoms with Crippen LogP contribution in [0.5, 0.6) is 0 Å². The molecule has 0 unspecified atom stereocenters. The summed E-state index contributed by atoms with van der Waals surface area (Å²) in [6.45, 7) is 6.28. The lowest BCUT2D eigenvalue weighted by Gasteiger charge is -2.28. The molecule has 0 aromatic carbocycles. The molecule has 0 aliphatic carbocycles. The number of nitrogens with one attached hydrogen (secondary N) is 1. The van der Waals surface area contributed by atoms with Crippen molar-refractivity contribution in [2.75, 3.05) is 0 Å². The van der Waals surface area contributed by atoms with Crippen molar-refractivity contribution in [2.45, 2.75) is 45.7 Å². The van der Waals surface area contributed by atoms with E-state index in [1.807, 2.05) is 26.8 Å². The van der Waals surface area contributed by atoms with Gasteiger partial charge in [-0.15, -0.1) is 0 Å². The Hall–Kier alpha value is -1.42. The van der Waals surface area contributed by atoms with Gasteiger partial charge in [0.2, 0.25) is 0 Å². The van der Waals surface area contributed by atoms with E-state index in [1.165, 1.54) is 0 Å². The number of hydrogen-bond acceptors (Lipinski definition) is 3. The lowest BCUT2D eigenvalue weighted by Crippen LogP contribution is -2.50. The Morgan fingerprint density at radius 3 is 2.53 bits per heavy atom. The summed E-state index contributed by atoms with van der Waals surface area (Å²) < 4.78 is 0. The number of nitrogens with zero attached hydrogens (tertiary/aromatic N) is 1. The Bertz CT molecular complexity index is 387. The van der Waals surface area contributed by atoms with Gasteiger partial charge in [0.25, 0.3) is 0 Å². The molecule has 0 atom stereocenters. The number of pyridine rings is 1.